The van der Waals surface area contributed by atoms with Crippen LogP contribution >= 0.6 is 0 Å². The maximum Gasteiger partial charge on any atom is 0.416 e. The van der Waals surface area contributed by atoms with E-state index in [9.17, 15) is 30.4 Å². The molecule has 0 amide bonds. The third kappa shape index (κ3) is 5.49. The van der Waals surface area contributed by atoms with Crippen molar-refractivity contribution in [3.8, 4) is 23.1 Å². The topological polar surface area (TPSA) is 76.8 Å². The first-order chi connectivity index (χ1) is 18.5. The highest BCUT2D eigenvalue weighted by Crippen LogP contribution is 2.32. The largest absolute Gasteiger partial charge is 0.416 e. The van der Waals surface area contributed by atoms with Crippen LogP contribution in [0.5, 0.6) is 0 Å². The maximum absolute atomic E-state index is 13.8. The van der Waals surface area contributed by atoms with E-state index >= 15 is 0 Å². The van der Waals surface area contributed by atoms with Crippen LogP contribution in [0.4, 0.5) is 22.0 Å². The van der Waals surface area contributed by atoms with Gasteiger partial charge in [0.2, 0.25) is 10.0 Å². The summed E-state index contributed by atoms with van der Waals surface area (Å²) in [6.45, 7) is 1.07. The highest BCUT2D eigenvalue weighted by Gasteiger charge is 2.30. The molecule has 0 spiro atoms. The van der Waals surface area contributed by atoms with Crippen LogP contribution in [0.3, 0.4) is 0 Å². The molecule has 39 heavy (non-hydrogen) atoms. The van der Waals surface area contributed by atoms with Gasteiger partial charge in [-0.2, -0.15) is 22.6 Å². The summed E-state index contributed by atoms with van der Waals surface area (Å²) in [5, 5.41) is 3.96. The van der Waals surface area contributed by atoms with E-state index in [0.29, 0.717) is 18.8 Å². The summed E-state index contributed by atoms with van der Waals surface area (Å²) < 4.78 is 99.9. The van der Waals surface area contributed by atoms with Crippen LogP contribution in [0.1, 0.15) is 28.8 Å². The number of hydrogen-bond donors (Lipinski definition) is 0. The fraction of sp³-hybridized carbons (Fsp3) is 0.231. The molecule has 0 aliphatic carbocycles. The normalized spacial score (nSPS) is 14.9. The van der Waals surface area contributed by atoms with Crippen molar-refractivity contribution in [2.45, 2.75) is 17.5 Å². The van der Waals surface area contributed by atoms with Gasteiger partial charge < -0.3 is 4.74 Å². The van der Waals surface area contributed by atoms with Gasteiger partial charge in [-0.3, -0.25) is 0 Å². The predicted molar refractivity (Wildman–Crippen MR) is 130 cm³/mol. The molecule has 0 bridgehead atoms. The van der Waals surface area contributed by atoms with Crippen LogP contribution in [-0.4, -0.2) is 53.6 Å². The Kier molecular flexibility index (Phi) is 7.11. The Morgan fingerprint density at radius 1 is 0.974 bits per heavy atom. The molecule has 1 aliphatic rings. The van der Waals surface area contributed by atoms with Crippen LogP contribution in [0.25, 0.3) is 16.9 Å². The zero-order chi connectivity index (χ0) is 27.8. The lowest BCUT2D eigenvalue weighted by molar-refractivity contribution is -0.137. The Morgan fingerprint density at radius 2 is 1.69 bits per heavy atom. The van der Waals surface area contributed by atoms with Crippen LogP contribution < -0.4 is 0 Å². The Hall–Kier alpha value is -3.86. The predicted octanol–water partition coefficient (Wildman–Crippen LogP) is 4.77. The lowest BCUT2D eigenvalue weighted by Gasteiger charge is -2.26. The van der Waals surface area contributed by atoms with Gasteiger partial charge in [-0.15, -0.1) is 0 Å². The molecule has 0 unspecified atom stereocenters. The average Bonchev–Trinajstić information content (AvgIpc) is 3.34. The summed E-state index contributed by atoms with van der Waals surface area (Å²) in [4.78, 5) is 4.39. The zero-order valence-electron chi connectivity index (χ0n) is 20.0. The van der Waals surface area contributed by atoms with Crippen LogP contribution in [-0.2, 0) is 20.9 Å². The van der Waals surface area contributed by atoms with Crippen molar-refractivity contribution >= 4 is 15.7 Å². The summed E-state index contributed by atoms with van der Waals surface area (Å²) >= 11 is 0. The number of alkyl halides is 5. The number of hydrogen-bond acceptors (Lipinski definition) is 5. The number of morpholine rings is 1. The smallest absolute Gasteiger partial charge is 0.379 e. The summed E-state index contributed by atoms with van der Waals surface area (Å²) in [6, 6.07) is 11.1. The summed E-state index contributed by atoms with van der Waals surface area (Å²) in [7, 11) is -3.75. The highest BCUT2D eigenvalue weighted by atomic mass is 32.2. The number of sulfonamides is 1. The Morgan fingerprint density at radius 3 is 2.36 bits per heavy atom. The second kappa shape index (κ2) is 10.4. The Balaban J connectivity index is 1.52. The standard InChI is InChI=1S/C26H19F5N4O3S/c27-24(28)23-15-22(18-6-8-20(9-7-18)26(29,30)31)33-25-19(16-32-35(23)25)5-4-17-2-1-3-21(14-17)39(36,37)34-10-12-38-13-11-34/h1-3,6-9,14-16,24H,10-13H2. The van der Waals surface area contributed by atoms with E-state index in [1.54, 1.807) is 12.1 Å². The lowest BCUT2D eigenvalue weighted by Crippen LogP contribution is -2.40. The SMILES string of the molecule is O=S(=O)(c1cccc(C#Cc2cnn3c(C(F)F)cc(-c4ccc(C(F)(F)F)cc4)nc23)c1)N1CCOCC1. The summed E-state index contributed by atoms with van der Waals surface area (Å²) in [5.41, 5.74) is -0.657. The molecule has 0 N–H and O–H groups in total. The Labute approximate surface area is 219 Å². The third-order valence-electron chi connectivity index (χ3n) is 6.01. The minimum absolute atomic E-state index is 0.0210. The van der Waals surface area contributed by atoms with Crippen molar-refractivity contribution in [1.29, 1.82) is 0 Å². The average molecular weight is 563 g/mol. The van der Waals surface area contributed by atoms with Gasteiger partial charge in [0.25, 0.3) is 6.43 Å². The number of aromatic nitrogens is 3. The summed E-state index contributed by atoms with van der Waals surface area (Å²) in [6.07, 6.45) is -6.25. The first-order valence-corrected chi connectivity index (χ1v) is 13.0. The van der Waals surface area contributed by atoms with E-state index in [0.717, 1.165) is 34.8 Å². The third-order valence-corrected chi connectivity index (χ3v) is 7.91. The Bertz CT molecular complexity index is 1680. The number of halogens is 5. The molecule has 2 aromatic heterocycles. The van der Waals surface area contributed by atoms with Gasteiger partial charge >= 0.3 is 6.18 Å². The molecule has 13 heteroatoms. The molecule has 3 heterocycles. The number of nitrogens with zero attached hydrogens (tertiary/aromatic N) is 4. The zero-order valence-corrected chi connectivity index (χ0v) is 20.8. The summed E-state index contributed by atoms with van der Waals surface area (Å²) in [5.74, 6) is 5.62. The molecule has 1 aliphatic heterocycles. The van der Waals surface area contributed by atoms with Crippen LogP contribution in [0.2, 0.25) is 0 Å². The number of benzene rings is 2. The van der Waals surface area contributed by atoms with Gasteiger partial charge in [-0.05, 0) is 36.4 Å². The number of ether oxygens (including phenoxy) is 1. The molecular formula is C26H19F5N4O3S. The molecule has 1 fully saturated rings. The molecule has 0 atom stereocenters. The first-order valence-electron chi connectivity index (χ1n) is 11.6. The van der Waals surface area contributed by atoms with Gasteiger partial charge in [0.1, 0.15) is 5.69 Å². The van der Waals surface area contributed by atoms with Crippen molar-refractivity contribution < 1.29 is 35.1 Å². The van der Waals surface area contributed by atoms with Crippen molar-refractivity contribution in [2.75, 3.05) is 26.3 Å². The van der Waals surface area contributed by atoms with Crippen molar-refractivity contribution in [3.05, 3.63) is 83.2 Å². The lowest BCUT2D eigenvalue weighted by atomic mass is 10.1. The van der Waals surface area contributed by atoms with Gasteiger partial charge in [-0.1, -0.05) is 30.0 Å². The van der Waals surface area contributed by atoms with Crippen molar-refractivity contribution in [1.82, 2.24) is 18.9 Å². The molecule has 7 nitrogen and oxygen atoms in total. The maximum atomic E-state index is 13.8. The molecule has 1 saturated heterocycles. The highest BCUT2D eigenvalue weighted by molar-refractivity contribution is 7.89. The molecule has 2 aromatic carbocycles. The minimum Gasteiger partial charge on any atom is -0.379 e. The second-order valence-corrected chi connectivity index (χ2v) is 10.5. The molecule has 202 valence electrons. The number of rotatable bonds is 4. The fourth-order valence-electron chi connectivity index (χ4n) is 4.02. The van der Waals surface area contributed by atoms with E-state index in [1.165, 1.54) is 22.6 Å². The molecule has 5 rings (SSSR count). The van der Waals surface area contributed by atoms with E-state index in [2.05, 4.69) is 21.9 Å². The van der Waals surface area contributed by atoms with Gasteiger partial charge in [0.15, 0.2) is 5.65 Å². The van der Waals surface area contributed by atoms with Gasteiger partial charge in [0, 0.05) is 24.2 Å². The monoisotopic (exact) mass is 562 g/mol. The van der Waals surface area contributed by atoms with Crippen molar-refractivity contribution in [3.63, 3.8) is 0 Å². The van der Waals surface area contributed by atoms with Gasteiger partial charge in [-0.25, -0.2) is 26.7 Å². The molecular weight excluding hydrogens is 543 g/mol. The fourth-order valence-corrected chi connectivity index (χ4v) is 5.47. The van der Waals surface area contributed by atoms with Gasteiger partial charge in [0.05, 0.1) is 41.1 Å². The van der Waals surface area contributed by atoms with E-state index in [4.69, 9.17) is 4.74 Å². The molecule has 4 aromatic rings. The molecule has 0 saturated carbocycles. The number of fused-ring (bicyclic) bond motifs is 1. The van der Waals surface area contributed by atoms with E-state index in [1.807, 2.05) is 0 Å². The van der Waals surface area contributed by atoms with E-state index in [-0.39, 0.29) is 40.5 Å². The second-order valence-electron chi connectivity index (χ2n) is 8.53. The van der Waals surface area contributed by atoms with Crippen LogP contribution in [0.15, 0.2) is 65.7 Å². The van der Waals surface area contributed by atoms with Crippen molar-refractivity contribution in [2.24, 2.45) is 0 Å². The van der Waals surface area contributed by atoms with Crippen LogP contribution in [0, 0.1) is 11.8 Å². The first kappa shape index (κ1) is 26.7. The quantitative estimate of drug-likeness (QED) is 0.265. The molecule has 0 radical (unpaired) electrons. The minimum atomic E-state index is -4.54. The van der Waals surface area contributed by atoms with E-state index < -0.39 is 33.9 Å².